The highest BCUT2D eigenvalue weighted by Crippen LogP contribution is 2.44. The number of nitrogens with two attached hydrogens (primary N) is 1. The Bertz CT molecular complexity index is 674. The van der Waals surface area contributed by atoms with Crippen LogP contribution in [-0.2, 0) is 0 Å². The summed E-state index contributed by atoms with van der Waals surface area (Å²) in [6, 6.07) is 5.92. The zero-order chi connectivity index (χ0) is 14.3. The van der Waals surface area contributed by atoms with Gasteiger partial charge in [0, 0.05) is 22.0 Å². The van der Waals surface area contributed by atoms with Crippen molar-refractivity contribution in [1.82, 2.24) is 5.32 Å². The predicted molar refractivity (Wildman–Crippen MR) is 82.1 cm³/mol. The normalized spacial score (nSPS) is 16.3. The highest BCUT2D eigenvalue weighted by molar-refractivity contribution is 7.21. The number of aliphatic hydroxyl groups excluding tert-OH is 1. The van der Waals surface area contributed by atoms with Gasteiger partial charge in [0.15, 0.2) is 0 Å². The summed E-state index contributed by atoms with van der Waals surface area (Å²) in [4.78, 5) is 12.8. The minimum Gasteiger partial charge on any atom is -0.397 e. The summed E-state index contributed by atoms with van der Waals surface area (Å²) in [7, 11) is 0. The Morgan fingerprint density at radius 1 is 1.50 bits per heavy atom. The van der Waals surface area contributed by atoms with Crippen molar-refractivity contribution >= 4 is 33.0 Å². The molecule has 2 aromatic rings. The van der Waals surface area contributed by atoms with E-state index in [4.69, 9.17) is 5.73 Å². The van der Waals surface area contributed by atoms with Gasteiger partial charge in [0.2, 0.25) is 0 Å². The fourth-order valence-corrected chi connectivity index (χ4v) is 3.47. The van der Waals surface area contributed by atoms with Crippen molar-refractivity contribution in [2.75, 3.05) is 18.9 Å². The molecule has 106 valence electrons. The molecule has 1 fully saturated rings. The maximum atomic E-state index is 12.3. The van der Waals surface area contributed by atoms with Crippen LogP contribution in [0.25, 0.3) is 10.1 Å². The van der Waals surface area contributed by atoms with Crippen molar-refractivity contribution in [1.29, 1.82) is 0 Å². The smallest absolute Gasteiger partial charge is 0.263 e. The predicted octanol–water partition coefficient (Wildman–Crippen LogP) is 2.29. The molecule has 0 bridgehead atoms. The Morgan fingerprint density at radius 3 is 2.85 bits per heavy atom. The van der Waals surface area contributed by atoms with Gasteiger partial charge in [-0.3, -0.25) is 4.79 Å². The molecule has 0 saturated heterocycles. The second-order valence-corrected chi connectivity index (χ2v) is 6.66. The molecule has 0 aliphatic heterocycles. The molecule has 1 aromatic heterocycles. The van der Waals surface area contributed by atoms with E-state index in [2.05, 4.69) is 5.32 Å². The van der Waals surface area contributed by atoms with Gasteiger partial charge < -0.3 is 16.2 Å². The summed E-state index contributed by atoms with van der Waals surface area (Å²) < 4.78 is 1.07. The van der Waals surface area contributed by atoms with Gasteiger partial charge in [-0.1, -0.05) is 18.2 Å². The summed E-state index contributed by atoms with van der Waals surface area (Å²) in [6.07, 6.45) is 1.95. The van der Waals surface area contributed by atoms with Crippen molar-refractivity contribution in [3.05, 3.63) is 28.6 Å². The first kappa shape index (κ1) is 13.4. The third kappa shape index (κ3) is 2.17. The third-order valence-corrected chi connectivity index (χ3v) is 5.43. The molecule has 20 heavy (non-hydrogen) atoms. The number of amides is 1. The molecule has 0 unspecified atom stereocenters. The van der Waals surface area contributed by atoms with Crippen molar-refractivity contribution in [3.8, 4) is 0 Å². The lowest BCUT2D eigenvalue weighted by molar-refractivity contribution is 0.0940. The molecule has 1 saturated carbocycles. The van der Waals surface area contributed by atoms with Crippen LogP contribution < -0.4 is 11.1 Å². The molecule has 1 amide bonds. The number of benzene rings is 1. The van der Waals surface area contributed by atoms with Gasteiger partial charge in [-0.2, -0.15) is 0 Å². The zero-order valence-electron chi connectivity index (χ0n) is 11.4. The number of aliphatic hydroxyl groups is 1. The molecule has 1 heterocycles. The summed E-state index contributed by atoms with van der Waals surface area (Å²) in [5, 5.41) is 13.1. The van der Waals surface area contributed by atoms with Crippen LogP contribution in [-0.4, -0.2) is 24.2 Å². The highest BCUT2D eigenvalue weighted by Gasteiger charge is 2.42. The molecule has 0 radical (unpaired) electrons. The lowest BCUT2D eigenvalue weighted by Crippen LogP contribution is -2.31. The minimum atomic E-state index is -0.136. The van der Waals surface area contributed by atoms with Crippen molar-refractivity contribution in [3.63, 3.8) is 0 Å². The minimum absolute atomic E-state index is 0.0863. The monoisotopic (exact) mass is 290 g/mol. The number of fused-ring (bicyclic) bond motifs is 1. The SMILES string of the molecule is Cc1cccc2c(N)c(C(=O)NCC3(CO)CC3)sc12. The summed E-state index contributed by atoms with van der Waals surface area (Å²) >= 11 is 1.44. The second kappa shape index (κ2) is 4.75. The van der Waals surface area contributed by atoms with Gasteiger partial charge in [0.05, 0.1) is 12.3 Å². The number of nitrogens with one attached hydrogen (secondary N) is 1. The average Bonchev–Trinajstić information content (AvgIpc) is 3.16. The zero-order valence-corrected chi connectivity index (χ0v) is 12.2. The molecule has 0 atom stereocenters. The van der Waals surface area contributed by atoms with Crippen LogP contribution in [0, 0.1) is 12.3 Å². The number of hydrogen-bond donors (Lipinski definition) is 3. The Labute approximate surface area is 121 Å². The van der Waals surface area contributed by atoms with Crippen LogP contribution in [0.1, 0.15) is 28.1 Å². The molecular formula is C15H18N2O2S. The van der Waals surface area contributed by atoms with Crippen LogP contribution in [0.2, 0.25) is 0 Å². The average molecular weight is 290 g/mol. The van der Waals surface area contributed by atoms with Crippen LogP contribution in [0.15, 0.2) is 18.2 Å². The van der Waals surface area contributed by atoms with Gasteiger partial charge in [-0.05, 0) is 25.3 Å². The van der Waals surface area contributed by atoms with Crippen LogP contribution >= 0.6 is 11.3 Å². The van der Waals surface area contributed by atoms with Crippen molar-refractivity contribution < 1.29 is 9.90 Å². The van der Waals surface area contributed by atoms with E-state index < -0.39 is 0 Å². The number of thiophene rings is 1. The van der Waals surface area contributed by atoms with Crippen LogP contribution in [0.5, 0.6) is 0 Å². The first-order valence-corrected chi connectivity index (χ1v) is 7.55. The summed E-state index contributed by atoms with van der Waals surface area (Å²) in [6.45, 7) is 2.67. The number of carbonyl (C=O) groups is 1. The van der Waals surface area contributed by atoms with E-state index >= 15 is 0 Å². The van der Waals surface area contributed by atoms with Gasteiger partial charge in [-0.15, -0.1) is 11.3 Å². The third-order valence-electron chi connectivity index (χ3n) is 4.07. The Kier molecular flexibility index (Phi) is 3.18. The van der Waals surface area contributed by atoms with E-state index in [0.29, 0.717) is 17.1 Å². The van der Waals surface area contributed by atoms with Crippen LogP contribution in [0.3, 0.4) is 0 Å². The maximum Gasteiger partial charge on any atom is 0.263 e. The Morgan fingerprint density at radius 2 is 2.25 bits per heavy atom. The molecule has 0 spiro atoms. The molecule has 5 heteroatoms. The number of anilines is 1. The first-order valence-electron chi connectivity index (χ1n) is 6.73. The Balaban J connectivity index is 1.84. The lowest BCUT2D eigenvalue weighted by Gasteiger charge is -2.12. The largest absolute Gasteiger partial charge is 0.397 e. The number of carbonyl (C=O) groups excluding carboxylic acids is 1. The van der Waals surface area contributed by atoms with Crippen LogP contribution in [0.4, 0.5) is 5.69 Å². The van der Waals surface area contributed by atoms with Gasteiger partial charge in [0.25, 0.3) is 5.91 Å². The number of aryl methyl sites for hydroxylation is 1. The highest BCUT2D eigenvalue weighted by atomic mass is 32.1. The molecule has 3 rings (SSSR count). The number of rotatable bonds is 4. The topological polar surface area (TPSA) is 75.4 Å². The Hall–Kier alpha value is -1.59. The quantitative estimate of drug-likeness (QED) is 0.808. The molecule has 4 nitrogen and oxygen atoms in total. The molecule has 1 aliphatic carbocycles. The van der Waals surface area contributed by atoms with Crippen molar-refractivity contribution in [2.45, 2.75) is 19.8 Å². The first-order chi connectivity index (χ1) is 9.56. The molecule has 1 aromatic carbocycles. The summed E-state index contributed by atoms with van der Waals surface area (Å²) in [5.41, 5.74) is 7.70. The second-order valence-electron chi connectivity index (χ2n) is 5.64. The van der Waals surface area contributed by atoms with Gasteiger partial charge >= 0.3 is 0 Å². The molecule has 4 N–H and O–H groups in total. The van der Waals surface area contributed by atoms with Gasteiger partial charge in [-0.25, -0.2) is 0 Å². The van der Waals surface area contributed by atoms with Gasteiger partial charge in [0.1, 0.15) is 4.88 Å². The van der Waals surface area contributed by atoms with E-state index in [1.165, 1.54) is 11.3 Å². The maximum absolute atomic E-state index is 12.3. The molecule has 1 aliphatic rings. The summed E-state index contributed by atoms with van der Waals surface area (Å²) in [5.74, 6) is -0.136. The number of hydrogen-bond acceptors (Lipinski definition) is 4. The van der Waals surface area contributed by atoms with E-state index in [1.807, 2.05) is 25.1 Å². The van der Waals surface area contributed by atoms with E-state index in [0.717, 1.165) is 28.5 Å². The van der Waals surface area contributed by atoms with E-state index in [1.54, 1.807) is 0 Å². The van der Waals surface area contributed by atoms with E-state index in [9.17, 15) is 9.90 Å². The molecular weight excluding hydrogens is 272 g/mol. The standard InChI is InChI=1S/C15H18N2O2S/c1-9-3-2-4-10-11(16)13(20-12(9)10)14(19)17-7-15(8-18)5-6-15/h2-4,18H,5-8,16H2,1H3,(H,17,19). The fraction of sp³-hybridized carbons (Fsp3) is 0.400. The van der Waals surface area contributed by atoms with E-state index in [-0.39, 0.29) is 17.9 Å². The number of nitrogen functional groups attached to an aromatic ring is 1. The lowest BCUT2D eigenvalue weighted by atomic mass is 10.1. The fourth-order valence-electron chi connectivity index (χ4n) is 2.36. The van der Waals surface area contributed by atoms with Crippen molar-refractivity contribution in [2.24, 2.45) is 5.41 Å².